The lowest BCUT2D eigenvalue weighted by Gasteiger charge is -2.29. The highest BCUT2D eigenvalue weighted by molar-refractivity contribution is 7.73. The van der Waals surface area contributed by atoms with Gasteiger partial charge in [-0.15, -0.1) is 0 Å². The summed E-state index contributed by atoms with van der Waals surface area (Å²) in [6.45, 7) is 0. The number of rotatable bonds is 7. The van der Waals surface area contributed by atoms with Gasteiger partial charge in [0.1, 0.15) is 0 Å². The van der Waals surface area contributed by atoms with E-state index in [0.717, 1.165) is 0 Å². The SMILES string of the molecule is O=C(C[C@@H](c1ccccc1)P(c1ccccc1)c1ccccc1)c1ccc(Cl)cc1. The highest BCUT2D eigenvalue weighted by Crippen LogP contribution is 2.51. The number of benzene rings is 4. The average Bonchev–Trinajstić information content (AvgIpc) is 2.81. The second-order valence-electron chi connectivity index (χ2n) is 7.10. The molecule has 1 nitrogen and oxygen atoms in total. The van der Waals surface area contributed by atoms with E-state index in [9.17, 15) is 4.79 Å². The molecule has 4 rings (SSSR count). The number of ketones is 1. The Bertz CT molecular complexity index is 1040. The molecule has 0 aliphatic heterocycles. The summed E-state index contributed by atoms with van der Waals surface area (Å²) in [5.74, 6) is 0.139. The number of hydrogen-bond acceptors (Lipinski definition) is 1. The molecular formula is C27H22ClOP. The summed E-state index contributed by atoms with van der Waals surface area (Å²) in [4.78, 5) is 13.3. The third-order valence-corrected chi connectivity index (χ3v) is 8.17. The number of carbonyl (C=O) groups is 1. The molecule has 0 fully saturated rings. The molecule has 0 radical (unpaired) electrons. The smallest absolute Gasteiger partial charge is 0.163 e. The van der Waals surface area contributed by atoms with E-state index in [0.29, 0.717) is 17.0 Å². The Morgan fingerprint density at radius 3 is 1.63 bits per heavy atom. The molecule has 0 saturated carbocycles. The Labute approximate surface area is 184 Å². The van der Waals surface area contributed by atoms with Gasteiger partial charge in [0.05, 0.1) is 0 Å². The maximum atomic E-state index is 13.3. The number of carbonyl (C=O) groups excluding carboxylic acids is 1. The third kappa shape index (κ3) is 4.87. The predicted molar refractivity (Wildman–Crippen MR) is 129 cm³/mol. The minimum Gasteiger partial charge on any atom is -0.294 e. The van der Waals surface area contributed by atoms with Gasteiger partial charge >= 0.3 is 0 Å². The zero-order valence-electron chi connectivity index (χ0n) is 16.5. The van der Waals surface area contributed by atoms with Gasteiger partial charge in [0, 0.05) is 22.7 Å². The fourth-order valence-electron chi connectivity index (χ4n) is 3.65. The van der Waals surface area contributed by atoms with E-state index in [4.69, 9.17) is 11.6 Å². The van der Waals surface area contributed by atoms with Crippen LogP contribution >= 0.6 is 19.5 Å². The van der Waals surface area contributed by atoms with E-state index in [2.05, 4.69) is 72.8 Å². The molecule has 0 aromatic heterocycles. The van der Waals surface area contributed by atoms with Crippen molar-refractivity contribution in [1.29, 1.82) is 0 Å². The molecule has 3 heteroatoms. The summed E-state index contributed by atoms with van der Waals surface area (Å²) in [6, 6.07) is 38.7. The van der Waals surface area contributed by atoms with Gasteiger partial charge in [-0.1, -0.05) is 103 Å². The van der Waals surface area contributed by atoms with Crippen LogP contribution in [0.15, 0.2) is 115 Å². The van der Waals surface area contributed by atoms with Crippen molar-refractivity contribution in [3.05, 3.63) is 131 Å². The molecule has 0 aliphatic rings. The Morgan fingerprint density at radius 1 is 0.667 bits per heavy atom. The quantitative estimate of drug-likeness (QED) is 0.234. The lowest BCUT2D eigenvalue weighted by Crippen LogP contribution is -2.19. The topological polar surface area (TPSA) is 17.1 Å². The molecule has 0 amide bonds. The minimum absolute atomic E-state index is 0.0779. The lowest BCUT2D eigenvalue weighted by atomic mass is 10.0. The summed E-state index contributed by atoms with van der Waals surface area (Å²) in [7, 11) is -0.767. The molecule has 1 atom stereocenters. The van der Waals surface area contributed by atoms with Gasteiger partial charge in [-0.3, -0.25) is 4.79 Å². The van der Waals surface area contributed by atoms with Crippen molar-refractivity contribution in [1.82, 2.24) is 0 Å². The van der Waals surface area contributed by atoms with Crippen LogP contribution in [0.25, 0.3) is 0 Å². The molecule has 0 aliphatic carbocycles. The van der Waals surface area contributed by atoms with Crippen molar-refractivity contribution in [2.45, 2.75) is 12.1 Å². The summed E-state index contributed by atoms with van der Waals surface area (Å²) >= 11 is 6.02. The Morgan fingerprint density at radius 2 is 1.13 bits per heavy atom. The monoisotopic (exact) mass is 428 g/mol. The summed E-state index contributed by atoms with van der Waals surface area (Å²) < 4.78 is 0. The molecule has 0 N–H and O–H groups in total. The second kappa shape index (κ2) is 9.85. The van der Waals surface area contributed by atoms with Crippen molar-refractivity contribution in [3.63, 3.8) is 0 Å². The molecule has 0 bridgehead atoms. The van der Waals surface area contributed by atoms with Crippen LogP contribution in [0.3, 0.4) is 0 Å². The van der Waals surface area contributed by atoms with Crippen LogP contribution in [0.4, 0.5) is 0 Å². The Kier molecular flexibility index (Phi) is 6.74. The summed E-state index contributed by atoms with van der Waals surface area (Å²) in [5, 5.41) is 3.19. The second-order valence-corrected chi connectivity index (χ2v) is 9.93. The van der Waals surface area contributed by atoms with Crippen LogP contribution in [0.5, 0.6) is 0 Å². The van der Waals surface area contributed by atoms with Crippen molar-refractivity contribution < 1.29 is 4.79 Å². The van der Waals surface area contributed by atoms with Crippen molar-refractivity contribution in [3.8, 4) is 0 Å². The highest BCUT2D eigenvalue weighted by Gasteiger charge is 2.28. The summed E-state index contributed by atoms with van der Waals surface area (Å²) in [5.41, 5.74) is 1.98. The van der Waals surface area contributed by atoms with Crippen molar-refractivity contribution >= 4 is 35.9 Å². The van der Waals surface area contributed by atoms with Gasteiger partial charge in [-0.2, -0.15) is 0 Å². The van der Waals surface area contributed by atoms with Crippen LogP contribution in [0, 0.1) is 0 Å². The molecule has 4 aromatic rings. The summed E-state index contributed by atoms with van der Waals surface area (Å²) in [6.07, 6.45) is 0.446. The number of halogens is 1. The zero-order valence-corrected chi connectivity index (χ0v) is 18.1. The Balaban J connectivity index is 1.78. The lowest BCUT2D eigenvalue weighted by molar-refractivity contribution is 0.0981. The van der Waals surface area contributed by atoms with Crippen LogP contribution in [-0.2, 0) is 0 Å². The van der Waals surface area contributed by atoms with Gasteiger partial charge in [0.25, 0.3) is 0 Å². The molecule has 4 aromatic carbocycles. The fourth-order valence-corrected chi connectivity index (χ4v) is 6.60. The van der Waals surface area contributed by atoms with Gasteiger partial charge in [0.15, 0.2) is 5.78 Å². The van der Waals surface area contributed by atoms with Crippen LogP contribution in [-0.4, -0.2) is 5.78 Å². The maximum Gasteiger partial charge on any atom is 0.163 e. The molecular weight excluding hydrogens is 407 g/mol. The highest BCUT2D eigenvalue weighted by atomic mass is 35.5. The van der Waals surface area contributed by atoms with E-state index < -0.39 is 7.92 Å². The first-order chi connectivity index (χ1) is 14.7. The first kappa shape index (κ1) is 20.5. The van der Waals surface area contributed by atoms with E-state index >= 15 is 0 Å². The molecule has 30 heavy (non-hydrogen) atoms. The van der Waals surface area contributed by atoms with Crippen molar-refractivity contribution in [2.24, 2.45) is 0 Å². The Hall–Kier alpha value is -2.73. The molecule has 148 valence electrons. The third-order valence-electron chi connectivity index (χ3n) is 5.11. The number of hydrogen-bond donors (Lipinski definition) is 0. The van der Waals surface area contributed by atoms with E-state index in [1.54, 1.807) is 12.1 Å². The normalized spacial score (nSPS) is 11.9. The van der Waals surface area contributed by atoms with E-state index in [1.165, 1.54) is 16.2 Å². The van der Waals surface area contributed by atoms with Crippen LogP contribution in [0.2, 0.25) is 5.02 Å². The predicted octanol–water partition coefficient (Wildman–Crippen LogP) is 6.79. The van der Waals surface area contributed by atoms with Crippen molar-refractivity contribution in [2.75, 3.05) is 0 Å². The largest absolute Gasteiger partial charge is 0.294 e. The zero-order chi connectivity index (χ0) is 20.8. The standard InChI is InChI=1S/C27H22ClOP/c28-23-18-16-21(17-19-23)26(29)20-27(22-10-4-1-5-11-22)30(24-12-6-2-7-13-24)25-14-8-3-9-15-25/h1-19,27H,20H2/t27-/m0/s1. The van der Waals surface area contributed by atoms with Gasteiger partial charge in [0.2, 0.25) is 0 Å². The molecule has 0 unspecified atom stereocenters. The maximum absolute atomic E-state index is 13.3. The van der Waals surface area contributed by atoms with Gasteiger partial charge < -0.3 is 0 Å². The molecule has 0 heterocycles. The van der Waals surface area contributed by atoms with E-state index in [-0.39, 0.29) is 11.4 Å². The van der Waals surface area contributed by atoms with Crippen LogP contribution in [0.1, 0.15) is 28.0 Å². The average molecular weight is 429 g/mol. The first-order valence-electron chi connectivity index (χ1n) is 9.95. The molecule has 0 saturated heterocycles. The first-order valence-corrected chi connectivity index (χ1v) is 11.7. The van der Waals surface area contributed by atoms with Crippen LogP contribution < -0.4 is 10.6 Å². The van der Waals surface area contributed by atoms with Gasteiger partial charge in [-0.25, -0.2) is 0 Å². The van der Waals surface area contributed by atoms with E-state index in [1.807, 2.05) is 30.3 Å². The molecule has 0 spiro atoms. The number of Topliss-reactive ketones (excluding diaryl/α,β-unsaturated/α-hetero) is 1. The fraction of sp³-hybridized carbons (Fsp3) is 0.0741. The minimum atomic E-state index is -0.767. The van der Waals surface area contributed by atoms with Gasteiger partial charge in [-0.05, 0) is 48.4 Å².